The van der Waals surface area contributed by atoms with Crippen LogP contribution in [0.4, 0.5) is 8.78 Å². The summed E-state index contributed by atoms with van der Waals surface area (Å²) in [4.78, 5) is 22.8. The average Bonchev–Trinajstić information content (AvgIpc) is 3.21. The average molecular weight is 492 g/mol. The van der Waals surface area contributed by atoms with Gasteiger partial charge in [-0.25, -0.2) is 31.9 Å². The van der Waals surface area contributed by atoms with Crippen molar-refractivity contribution in [3.05, 3.63) is 80.7 Å². The van der Waals surface area contributed by atoms with E-state index in [0.29, 0.717) is 17.7 Å². The first-order valence-electron chi connectivity index (χ1n) is 9.69. The van der Waals surface area contributed by atoms with Crippen molar-refractivity contribution >= 4 is 16.0 Å². The SMILES string of the molecule is Cc1ccc(F)c([C@@H](C)[C@H](NS(=O)(=O)c2ccc(F)c(C(=O)OC#N)c2)c2n[nH]c(=O)o2)c1C. The molecule has 0 saturated carbocycles. The van der Waals surface area contributed by atoms with Gasteiger partial charge in [0.25, 0.3) is 6.26 Å². The maximum atomic E-state index is 14.8. The van der Waals surface area contributed by atoms with Crippen LogP contribution in [-0.2, 0) is 14.8 Å². The van der Waals surface area contributed by atoms with E-state index in [0.717, 1.165) is 17.9 Å². The van der Waals surface area contributed by atoms with Crippen LogP contribution in [-0.4, -0.2) is 24.6 Å². The number of carbonyl (C=O) groups is 1. The van der Waals surface area contributed by atoms with E-state index >= 15 is 0 Å². The predicted molar refractivity (Wildman–Crippen MR) is 112 cm³/mol. The van der Waals surface area contributed by atoms with Gasteiger partial charge in [0.15, 0.2) is 0 Å². The number of aryl methyl sites for hydroxylation is 1. The Morgan fingerprint density at radius 1 is 1.24 bits per heavy atom. The Balaban J connectivity index is 2.09. The Labute approximate surface area is 192 Å². The highest BCUT2D eigenvalue weighted by atomic mass is 32.2. The summed E-state index contributed by atoms with van der Waals surface area (Å²) in [5.74, 6) is -5.37. The molecule has 2 atom stereocenters. The Hall–Kier alpha value is -3.89. The fourth-order valence-corrected chi connectivity index (χ4v) is 4.73. The molecular formula is C21H18F2N4O6S. The van der Waals surface area contributed by atoms with Crippen molar-refractivity contribution in [1.29, 1.82) is 5.26 Å². The number of nitrogens with zero attached hydrogens (tertiary/aromatic N) is 2. The number of esters is 1. The highest BCUT2D eigenvalue weighted by Crippen LogP contribution is 2.35. The van der Waals surface area contributed by atoms with E-state index in [1.807, 2.05) is 5.10 Å². The number of sulfonamides is 1. The summed E-state index contributed by atoms with van der Waals surface area (Å²) in [6.45, 7) is 4.91. The van der Waals surface area contributed by atoms with Gasteiger partial charge in [-0.3, -0.25) is 0 Å². The highest BCUT2D eigenvalue weighted by molar-refractivity contribution is 7.89. The van der Waals surface area contributed by atoms with Gasteiger partial charge in [0.2, 0.25) is 15.9 Å². The molecule has 34 heavy (non-hydrogen) atoms. The second kappa shape index (κ2) is 9.54. The molecule has 1 aromatic heterocycles. The normalized spacial score (nSPS) is 13.2. The zero-order valence-electron chi connectivity index (χ0n) is 18.0. The predicted octanol–water partition coefficient (Wildman–Crippen LogP) is 2.72. The fraction of sp³-hybridized carbons (Fsp3) is 0.238. The van der Waals surface area contributed by atoms with Gasteiger partial charge in [-0.1, -0.05) is 13.0 Å². The van der Waals surface area contributed by atoms with Crippen LogP contribution in [0.2, 0.25) is 0 Å². The van der Waals surface area contributed by atoms with Crippen LogP contribution in [0, 0.1) is 37.0 Å². The molecule has 0 aliphatic rings. The molecule has 0 spiro atoms. The van der Waals surface area contributed by atoms with Crippen molar-refractivity contribution < 1.29 is 31.1 Å². The number of carbonyl (C=O) groups excluding carboxylic acids is 1. The second-order valence-electron chi connectivity index (χ2n) is 7.36. The third-order valence-electron chi connectivity index (χ3n) is 5.30. The van der Waals surface area contributed by atoms with Gasteiger partial charge < -0.3 is 9.15 Å². The Kier molecular flexibility index (Phi) is 6.94. The van der Waals surface area contributed by atoms with E-state index in [1.54, 1.807) is 19.9 Å². The molecule has 2 aromatic carbocycles. The lowest BCUT2D eigenvalue weighted by Crippen LogP contribution is -2.33. The van der Waals surface area contributed by atoms with Crippen molar-refractivity contribution in [2.45, 2.75) is 37.6 Å². The van der Waals surface area contributed by atoms with Crippen LogP contribution in [0.15, 0.2) is 44.4 Å². The molecule has 3 rings (SSSR count). The van der Waals surface area contributed by atoms with E-state index in [1.165, 1.54) is 13.0 Å². The van der Waals surface area contributed by atoms with Crippen molar-refractivity contribution in [2.75, 3.05) is 0 Å². The zero-order valence-corrected chi connectivity index (χ0v) is 18.9. The van der Waals surface area contributed by atoms with Crippen LogP contribution < -0.4 is 10.5 Å². The van der Waals surface area contributed by atoms with Gasteiger partial charge in [-0.2, -0.15) is 4.72 Å². The fourth-order valence-electron chi connectivity index (χ4n) is 3.43. The van der Waals surface area contributed by atoms with Gasteiger partial charge in [0, 0.05) is 5.92 Å². The molecule has 0 unspecified atom stereocenters. The van der Waals surface area contributed by atoms with Crippen LogP contribution in [0.5, 0.6) is 0 Å². The third-order valence-corrected chi connectivity index (χ3v) is 6.74. The standard InChI is InChI=1S/C21H18F2N4O6S/c1-10-4-6-16(23)17(11(10)2)12(3)18(19-25-26-21(29)33-19)27-34(30,31)13-5-7-15(22)14(8-13)20(28)32-9-24/h4-8,12,18,27H,1-3H3,(H,26,29)/t12-,18+/m1/s1. The molecule has 0 amide bonds. The molecule has 0 fully saturated rings. The smallest absolute Gasteiger partial charge is 0.391 e. The summed E-state index contributed by atoms with van der Waals surface area (Å²) in [6, 6.07) is 3.68. The Bertz CT molecular complexity index is 1460. The summed E-state index contributed by atoms with van der Waals surface area (Å²) in [7, 11) is -4.52. The Morgan fingerprint density at radius 3 is 2.53 bits per heavy atom. The van der Waals surface area contributed by atoms with Crippen LogP contribution in [0.25, 0.3) is 0 Å². The van der Waals surface area contributed by atoms with Crippen LogP contribution in [0.1, 0.15) is 51.8 Å². The molecule has 0 aliphatic heterocycles. The topological polar surface area (TPSA) is 155 Å². The minimum atomic E-state index is -4.52. The number of nitriles is 1. The number of ether oxygens (including phenoxy) is 1. The number of aromatic amines is 1. The molecule has 0 bridgehead atoms. The van der Waals surface area contributed by atoms with Gasteiger partial charge in [-0.05, 0) is 54.8 Å². The summed E-state index contributed by atoms with van der Waals surface area (Å²) in [6.07, 6.45) is 1.09. The quantitative estimate of drug-likeness (QED) is 0.377. The molecule has 2 N–H and O–H groups in total. The number of hydrogen-bond donors (Lipinski definition) is 2. The minimum absolute atomic E-state index is 0.163. The molecular weight excluding hydrogens is 474 g/mol. The van der Waals surface area contributed by atoms with Crippen molar-refractivity contribution in [3.63, 3.8) is 0 Å². The van der Waals surface area contributed by atoms with E-state index in [2.05, 4.69) is 14.6 Å². The molecule has 0 radical (unpaired) electrons. The first-order chi connectivity index (χ1) is 16.0. The van der Waals surface area contributed by atoms with E-state index < -0.39 is 55.8 Å². The maximum Gasteiger partial charge on any atom is 0.434 e. The molecule has 13 heteroatoms. The maximum absolute atomic E-state index is 14.8. The Morgan fingerprint density at radius 2 is 1.91 bits per heavy atom. The number of benzene rings is 2. The zero-order chi connectivity index (χ0) is 25.2. The lowest BCUT2D eigenvalue weighted by atomic mass is 9.88. The number of hydrogen-bond acceptors (Lipinski definition) is 8. The van der Waals surface area contributed by atoms with Gasteiger partial charge in [0.05, 0.1) is 10.5 Å². The summed E-state index contributed by atoms with van der Waals surface area (Å²) in [5.41, 5.74) is 0.669. The monoisotopic (exact) mass is 492 g/mol. The van der Waals surface area contributed by atoms with E-state index in [9.17, 15) is 26.8 Å². The first-order valence-corrected chi connectivity index (χ1v) is 11.2. The minimum Gasteiger partial charge on any atom is -0.391 e. The largest absolute Gasteiger partial charge is 0.434 e. The molecule has 0 aliphatic carbocycles. The van der Waals surface area contributed by atoms with E-state index in [4.69, 9.17) is 9.68 Å². The summed E-state index contributed by atoms with van der Waals surface area (Å²) in [5, 5.41) is 14.2. The lowest BCUT2D eigenvalue weighted by Gasteiger charge is -2.25. The lowest BCUT2D eigenvalue weighted by molar-refractivity contribution is 0.0680. The van der Waals surface area contributed by atoms with Gasteiger partial charge in [-0.15, -0.1) is 10.4 Å². The summed E-state index contributed by atoms with van der Waals surface area (Å²) < 4.78 is 66.3. The first kappa shape index (κ1) is 24.7. The number of rotatable bonds is 7. The number of aromatic nitrogens is 2. The number of halogens is 2. The molecule has 3 aromatic rings. The highest BCUT2D eigenvalue weighted by Gasteiger charge is 2.34. The van der Waals surface area contributed by atoms with Crippen molar-refractivity contribution in [3.8, 4) is 6.26 Å². The van der Waals surface area contributed by atoms with E-state index in [-0.39, 0.29) is 11.5 Å². The van der Waals surface area contributed by atoms with Crippen LogP contribution >= 0.6 is 0 Å². The molecule has 178 valence electrons. The molecule has 1 heterocycles. The van der Waals surface area contributed by atoms with Crippen molar-refractivity contribution in [2.24, 2.45) is 0 Å². The third kappa shape index (κ3) is 4.87. The second-order valence-corrected chi connectivity index (χ2v) is 9.08. The number of nitrogens with one attached hydrogen (secondary N) is 2. The van der Waals surface area contributed by atoms with Gasteiger partial charge in [0.1, 0.15) is 17.7 Å². The van der Waals surface area contributed by atoms with Crippen molar-refractivity contribution in [1.82, 2.24) is 14.9 Å². The van der Waals surface area contributed by atoms with Gasteiger partial charge >= 0.3 is 11.7 Å². The van der Waals surface area contributed by atoms with Crippen LogP contribution in [0.3, 0.4) is 0 Å². The summed E-state index contributed by atoms with van der Waals surface area (Å²) >= 11 is 0. The number of H-pyrrole nitrogens is 1. The molecule has 10 nitrogen and oxygen atoms in total. The molecule has 0 saturated heterocycles.